The summed E-state index contributed by atoms with van der Waals surface area (Å²) >= 11 is 12.5. The number of ether oxygens (including phenoxy) is 1. The van der Waals surface area contributed by atoms with Crippen molar-refractivity contribution in [1.29, 1.82) is 0 Å². The van der Waals surface area contributed by atoms with Crippen LogP contribution >= 0.6 is 23.2 Å². The van der Waals surface area contributed by atoms with Gasteiger partial charge in [0.15, 0.2) is 0 Å². The SMILES string of the molecule is CCCCNC(=O)[C@@H](CC)N(Cc1ccc(Cl)cc1Cl)C(=O)CN(c1ccc(OCc2ccccc2)cc1)S(C)(=O)=O. The molecule has 8 nitrogen and oxygen atoms in total. The summed E-state index contributed by atoms with van der Waals surface area (Å²) in [7, 11) is -3.87. The lowest BCUT2D eigenvalue weighted by molar-refractivity contribution is -0.140. The molecule has 1 N–H and O–H groups in total. The number of carbonyl (C=O) groups is 2. The molecule has 0 fully saturated rings. The predicted molar refractivity (Wildman–Crippen MR) is 168 cm³/mol. The number of anilines is 1. The minimum absolute atomic E-state index is 0.00158. The van der Waals surface area contributed by atoms with Crippen LogP contribution in [-0.4, -0.2) is 50.5 Å². The third-order valence-electron chi connectivity index (χ3n) is 6.62. The molecule has 0 aliphatic heterocycles. The molecule has 0 saturated carbocycles. The van der Waals surface area contributed by atoms with Crippen LogP contribution in [0.2, 0.25) is 10.0 Å². The maximum absolute atomic E-state index is 13.9. The molecular formula is C31H37Cl2N3O5S. The van der Waals surface area contributed by atoms with Crippen LogP contribution in [0.4, 0.5) is 5.69 Å². The van der Waals surface area contributed by atoms with E-state index in [4.69, 9.17) is 27.9 Å². The van der Waals surface area contributed by atoms with Crippen molar-refractivity contribution in [1.82, 2.24) is 10.2 Å². The van der Waals surface area contributed by atoms with Gasteiger partial charge in [0, 0.05) is 23.1 Å². The number of hydrogen-bond acceptors (Lipinski definition) is 5. The van der Waals surface area contributed by atoms with Gasteiger partial charge in [-0.15, -0.1) is 0 Å². The van der Waals surface area contributed by atoms with Crippen molar-refractivity contribution in [3.05, 3.63) is 94.0 Å². The van der Waals surface area contributed by atoms with Gasteiger partial charge >= 0.3 is 0 Å². The molecule has 0 aliphatic carbocycles. The van der Waals surface area contributed by atoms with E-state index >= 15 is 0 Å². The Hall–Kier alpha value is -3.27. The number of unbranched alkanes of at least 4 members (excludes halogenated alkanes) is 1. The van der Waals surface area contributed by atoms with Gasteiger partial charge in [0.1, 0.15) is 24.9 Å². The zero-order valence-corrected chi connectivity index (χ0v) is 26.4. The van der Waals surface area contributed by atoms with E-state index < -0.39 is 28.5 Å². The van der Waals surface area contributed by atoms with Crippen LogP contribution in [0.5, 0.6) is 5.75 Å². The van der Waals surface area contributed by atoms with Gasteiger partial charge in [0.2, 0.25) is 21.8 Å². The van der Waals surface area contributed by atoms with Gasteiger partial charge in [-0.3, -0.25) is 13.9 Å². The highest BCUT2D eigenvalue weighted by molar-refractivity contribution is 7.92. The molecule has 0 radical (unpaired) electrons. The molecule has 2 amide bonds. The average molecular weight is 635 g/mol. The number of benzene rings is 3. The summed E-state index contributed by atoms with van der Waals surface area (Å²) < 4.78 is 32.6. The number of carbonyl (C=O) groups excluding carboxylic acids is 2. The number of nitrogens with zero attached hydrogens (tertiary/aromatic N) is 2. The Labute approximate surface area is 258 Å². The molecular weight excluding hydrogens is 597 g/mol. The quantitative estimate of drug-likeness (QED) is 0.205. The molecule has 0 saturated heterocycles. The third-order valence-corrected chi connectivity index (χ3v) is 8.35. The van der Waals surface area contributed by atoms with Gasteiger partial charge in [-0.1, -0.05) is 79.9 Å². The number of amides is 2. The van der Waals surface area contributed by atoms with Crippen LogP contribution in [-0.2, 0) is 32.8 Å². The van der Waals surface area contributed by atoms with Crippen LogP contribution in [0, 0.1) is 0 Å². The first-order chi connectivity index (χ1) is 20.0. The van der Waals surface area contributed by atoms with Crippen molar-refractivity contribution in [2.24, 2.45) is 0 Å². The van der Waals surface area contributed by atoms with E-state index in [-0.39, 0.29) is 12.5 Å². The van der Waals surface area contributed by atoms with E-state index in [2.05, 4.69) is 5.32 Å². The van der Waals surface area contributed by atoms with E-state index in [0.29, 0.717) is 46.6 Å². The fraction of sp³-hybridized carbons (Fsp3) is 0.355. The second-order valence-electron chi connectivity index (χ2n) is 9.86. The Balaban J connectivity index is 1.86. The molecule has 0 aliphatic rings. The van der Waals surface area contributed by atoms with E-state index in [1.165, 1.54) is 4.90 Å². The second kappa shape index (κ2) is 15.8. The molecule has 0 unspecified atom stereocenters. The Morgan fingerprint density at radius 2 is 1.67 bits per heavy atom. The van der Waals surface area contributed by atoms with Gasteiger partial charge in [-0.2, -0.15) is 0 Å². The number of nitrogens with one attached hydrogen (secondary N) is 1. The highest BCUT2D eigenvalue weighted by atomic mass is 35.5. The minimum atomic E-state index is -3.87. The van der Waals surface area contributed by atoms with Crippen molar-refractivity contribution < 1.29 is 22.7 Å². The fourth-order valence-electron chi connectivity index (χ4n) is 4.32. The van der Waals surface area contributed by atoms with Crippen LogP contribution in [0.25, 0.3) is 0 Å². The molecule has 3 rings (SSSR count). The summed E-state index contributed by atoms with van der Waals surface area (Å²) in [4.78, 5) is 28.4. The molecule has 0 aromatic heterocycles. The topological polar surface area (TPSA) is 96.0 Å². The summed E-state index contributed by atoms with van der Waals surface area (Å²) in [5, 5.41) is 3.67. The first-order valence-corrected chi connectivity index (χ1v) is 16.4. The van der Waals surface area contributed by atoms with Crippen LogP contribution in [0.1, 0.15) is 44.2 Å². The van der Waals surface area contributed by atoms with E-state index in [0.717, 1.165) is 29.0 Å². The molecule has 0 spiro atoms. The first-order valence-electron chi connectivity index (χ1n) is 13.8. The van der Waals surface area contributed by atoms with Crippen LogP contribution < -0.4 is 14.4 Å². The van der Waals surface area contributed by atoms with Gasteiger partial charge in [-0.05, 0) is 60.4 Å². The molecule has 226 valence electrons. The predicted octanol–water partition coefficient (Wildman–Crippen LogP) is 6.06. The van der Waals surface area contributed by atoms with Crippen molar-refractivity contribution >= 4 is 50.7 Å². The largest absolute Gasteiger partial charge is 0.489 e. The van der Waals surface area contributed by atoms with Crippen LogP contribution in [0.15, 0.2) is 72.8 Å². The zero-order chi connectivity index (χ0) is 30.7. The maximum Gasteiger partial charge on any atom is 0.244 e. The lowest BCUT2D eigenvalue weighted by Crippen LogP contribution is -2.52. The summed E-state index contributed by atoms with van der Waals surface area (Å²) in [6, 6.07) is 20.2. The Morgan fingerprint density at radius 1 is 0.976 bits per heavy atom. The molecule has 11 heteroatoms. The monoisotopic (exact) mass is 633 g/mol. The number of rotatable bonds is 15. The Kier molecular flexibility index (Phi) is 12.5. The molecule has 42 heavy (non-hydrogen) atoms. The molecule has 3 aromatic rings. The normalized spacial score (nSPS) is 11.9. The smallest absolute Gasteiger partial charge is 0.244 e. The number of halogens is 2. The van der Waals surface area contributed by atoms with E-state index in [1.54, 1.807) is 49.4 Å². The molecule has 1 atom stereocenters. The summed E-state index contributed by atoms with van der Waals surface area (Å²) in [5.41, 5.74) is 1.87. The maximum atomic E-state index is 13.9. The highest BCUT2D eigenvalue weighted by Crippen LogP contribution is 2.26. The lowest BCUT2D eigenvalue weighted by Gasteiger charge is -2.33. The summed E-state index contributed by atoms with van der Waals surface area (Å²) in [6.07, 6.45) is 3.06. The fourth-order valence-corrected chi connectivity index (χ4v) is 5.64. The zero-order valence-electron chi connectivity index (χ0n) is 24.1. The number of hydrogen-bond donors (Lipinski definition) is 1. The van der Waals surface area contributed by atoms with Gasteiger partial charge in [0.05, 0.1) is 11.9 Å². The molecule has 3 aromatic carbocycles. The average Bonchev–Trinajstić information content (AvgIpc) is 2.96. The van der Waals surface area contributed by atoms with Crippen molar-refractivity contribution in [2.45, 2.75) is 52.3 Å². The standard InChI is InChI=1S/C31H37Cl2N3O5S/c1-4-6-18-34-31(38)29(5-2)35(20-24-12-13-25(32)19-28(24)33)30(37)21-36(42(3,39)40)26-14-16-27(17-15-26)41-22-23-10-8-7-9-11-23/h7-17,19,29H,4-6,18,20-22H2,1-3H3,(H,34,38)/t29-/m1/s1. The van der Waals surface area contributed by atoms with E-state index in [1.807, 2.05) is 37.3 Å². The minimum Gasteiger partial charge on any atom is -0.489 e. The summed E-state index contributed by atoms with van der Waals surface area (Å²) in [5.74, 6) is -0.306. The van der Waals surface area contributed by atoms with Crippen molar-refractivity contribution in [2.75, 3.05) is 23.7 Å². The van der Waals surface area contributed by atoms with Crippen molar-refractivity contribution in [3.8, 4) is 5.75 Å². The Morgan fingerprint density at radius 3 is 2.26 bits per heavy atom. The molecule has 0 bridgehead atoms. The van der Waals surface area contributed by atoms with E-state index in [9.17, 15) is 18.0 Å². The lowest BCUT2D eigenvalue weighted by atomic mass is 10.1. The first kappa shape index (κ1) is 33.2. The van der Waals surface area contributed by atoms with Gasteiger partial charge in [0.25, 0.3) is 0 Å². The Bertz CT molecular complexity index is 1440. The number of sulfonamides is 1. The van der Waals surface area contributed by atoms with Gasteiger partial charge < -0.3 is 15.0 Å². The molecule has 0 heterocycles. The second-order valence-corrected chi connectivity index (χ2v) is 12.6. The van der Waals surface area contributed by atoms with Gasteiger partial charge in [-0.25, -0.2) is 8.42 Å². The van der Waals surface area contributed by atoms with Crippen LogP contribution in [0.3, 0.4) is 0 Å². The third kappa shape index (κ3) is 9.64. The highest BCUT2D eigenvalue weighted by Gasteiger charge is 2.32. The van der Waals surface area contributed by atoms with Crippen molar-refractivity contribution in [3.63, 3.8) is 0 Å². The summed E-state index contributed by atoms with van der Waals surface area (Å²) in [6.45, 7) is 4.14.